The Labute approximate surface area is 154 Å². The van der Waals surface area contributed by atoms with Crippen LogP contribution in [0.3, 0.4) is 0 Å². The van der Waals surface area contributed by atoms with Gasteiger partial charge in [-0.15, -0.1) is 6.58 Å². The number of aliphatic hydroxyl groups excluding tert-OH is 1. The first-order chi connectivity index (χ1) is 11.9. The minimum Gasteiger partial charge on any atom is -0.410 e. The van der Waals surface area contributed by atoms with Gasteiger partial charge in [-0.1, -0.05) is 26.8 Å². The molecule has 1 aromatic rings. The molecule has 0 spiro atoms. The summed E-state index contributed by atoms with van der Waals surface area (Å²) in [6.45, 7) is 15.8. The van der Waals surface area contributed by atoms with Gasteiger partial charge in [0.2, 0.25) is 0 Å². The lowest BCUT2D eigenvalue weighted by Crippen LogP contribution is -2.51. The van der Waals surface area contributed by atoms with Gasteiger partial charge in [-0.3, -0.25) is 14.3 Å². The topological polar surface area (TPSA) is 93.5 Å². The molecule has 146 valence electrons. The van der Waals surface area contributed by atoms with Crippen molar-refractivity contribution in [3.63, 3.8) is 0 Å². The van der Waals surface area contributed by atoms with Crippen LogP contribution < -0.4 is 11.2 Å². The molecule has 2 rings (SSSR count). The minimum absolute atomic E-state index is 0.0150. The fourth-order valence-electron chi connectivity index (χ4n) is 2.79. The first-order valence-electron chi connectivity index (χ1n) is 8.79. The Balaban J connectivity index is 2.42. The van der Waals surface area contributed by atoms with Crippen LogP contribution in [0.4, 0.5) is 0 Å². The third-order valence-corrected chi connectivity index (χ3v) is 10.1. The molecule has 0 saturated carbocycles. The SMILES string of the molecule is C=C[C@]1(CO)O[C@@H](n2cc(C)c(=O)[nH]c2=O)C[C@H]1O[Si](C)(C)C(C)(C)C. The Morgan fingerprint density at radius 2 is 2.12 bits per heavy atom. The molecule has 0 unspecified atom stereocenters. The fourth-order valence-corrected chi connectivity index (χ4v) is 4.15. The minimum atomic E-state index is -2.14. The molecule has 2 N–H and O–H groups in total. The van der Waals surface area contributed by atoms with Crippen molar-refractivity contribution in [2.45, 2.75) is 70.2 Å². The maximum absolute atomic E-state index is 12.2. The first kappa shape index (κ1) is 20.8. The molecule has 1 aliphatic rings. The standard InChI is InChI=1S/C18H30N2O5Si/c1-8-18(11-21)13(25-26(6,7)17(3,4)5)9-14(24-18)20-10-12(2)15(22)19-16(20)23/h8,10,13-14,21H,1,9,11H2,2-7H3,(H,19,22,23)/t13-,14-,18-/m1/s1. The van der Waals surface area contributed by atoms with Gasteiger partial charge >= 0.3 is 5.69 Å². The van der Waals surface area contributed by atoms with Gasteiger partial charge in [-0.05, 0) is 25.1 Å². The van der Waals surface area contributed by atoms with E-state index in [-0.39, 0.29) is 11.6 Å². The molecule has 26 heavy (non-hydrogen) atoms. The number of ether oxygens (including phenoxy) is 1. The number of aromatic amines is 1. The second-order valence-corrected chi connectivity index (χ2v) is 13.2. The molecule has 1 fully saturated rings. The van der Waals surface area contributed by atoms with Crippen LogP contribution in [0.2, 0.25) is 18.1 Å². The molecular formula is C18H30N2O5Si. The maximum Gasteiger partial charge on any atom is 0.330 e. The van der Waals surface area contributed by atoms with Gasteiger partial charge in [0, 0.05) is 18.2 Å². The lowest BCUT2D eigenvalue weighted by molar-refractivity contribution is -0.0949. The van der Waals surface area contributed by atoms with Gasteiger partial charge in [0.15, 0.2) is 8.32 Å². The van der Waals surface area contributed by atoms with E-state index in [4.69, 9.17) is 9.16 Å². The third-order valence-electron chi connectivity index (χ3n) is 5.61. The van der Waals surface area contributed by atoms with Gasteiger partial charge in [0.25, 0.3) is 5.56 Å². The van der Waals surface area contributed by atoms with E-state index in [0.717, 1.165) is 0 Å². The summed E-state index contributed by atoms with van der Waals surface area (Å²) in [5.74, 6) is 0. The van der Waals surface area contributed by atoms with E-state index in [1.807, 2.05) is 0 Å². The molecule has 2 heterocycles. The van der Waals surface area contributed by atoms with Gasteiger partial charge in [-0.25, -0.2) is 4.79 Å². The molecule has 0 bridgehead atoms. The number of rotatable bonds is 5. The Morgan fingerprint density at radius 1 is 1.50 bits per heavy atom. The molecule has 8 heteroatoms. The van der Waals surface area contributed by atoms with Gasteiger partial charge < -0.3 is 14.3 Å². The van der Waals surface area contributed by atoms with Crippen LogP contribution in [0.1, 0.15) is 39.0 Å². The second kappa shape index (κ2) is 6.92. The zero-order chi connectivity index (χ0) is 19.9. The predicted octanol–water partition coefficient (Wildman–Crippen LogP) is 2.07. The number of hydrogen-bond donors (Lipinski definition) is 2. The number of hydrogen-bond acceptors (Lipinski definition) is 5. The molecule has 0 aromatic carbocycles. The largest absolute Gasteiger partial charge is 0.410 e. The quantitative estimate of drug-likeness (QED) is 0.601. The zero-order valence-corrected chi connectivity index (χ0v) is 17.5. The highest BCUT2D eigenvalue weighted by molar-refractivity contribution is 6.74. The number of nitrogens with zero attached hydrogens (tertiary/aromatic N) is 1. The van der Waals surface area contributed by atoms with Gasteiger partial charge in [-0.2, -0.15) is 0 Å². The summed E-state index contributed by atoms with van der Waals surface area (Å²) in [4.78, 5) is 26.1. The zero-order valence-electron chi connectivity index (χ0n) is 16.5. The Kier molecular flexibility index (Phi) is 5.54. The van der Waals surface area contributed by atoms with Crippen molar-refractivity contribution < 1.29 is 14.3 Å². The molecular weight excluding hydrogens is 352 g/mol. The smallest absolute Gasteiger partial charge is 0.330 e. The van der Waals surface area contributed by atoms with Crippen molar-refractivity contribution in [1.29, 1.82) is 0 Å². The van der Waals surface area contributed by atoms with Crippen molar-refractivity contribution in [3.05, 3.63) is 45.3 Å². The average Bonchev–Trinajstić information content (AvgIpc) is 2.88. The molecule has 1 aliphatic heterocycles. The molecule has 3 atom stereocenters. The second-order valence-electron chi connectivity index (χ2n) is 8.47. The first-order valence-corrected chi connectivity index (χ1v) is 11.7. The van der Waals surface area contributed by atoms with E-state index in [1.54, 1.807) is 13.0 Å². The van der Waals surface area contributed by atoms with Crippen molar-refractivity contribution in [1.82, 2.24) is 9.55 Å². The Hall–Kier alpha value is -1.48. The van der Waals surface area contributed by atoms with Crippen molar-refractivity contribution >= 4 is 8.32 Å². The van der Waals surface area contributed by atoms with Crippen LogP contribution in [0, 0.1) is 6.92 Å². The van der Waals surface area contributed by atoms with E-state index in [2.05, 4.69) is 45.4 Å². The summed E-state index contributed by atoms with van der Waals surface area (Å²) in [6, 6.07) is 0. The molecule has 0 aliphatic carbocycles. The number of aliphatic hydroxyl groups is 1. The van der Waals surface area contributed by atoms with Crippen molar-refractivity contribution in [2.75, 3.05) is 6.61 Å². The van der Waals surface area contributed by atoms with E-state index in [0.29, 0.717) is 12.0 Å². The molecule has 0 amide bonds. The van der Waals surface area contributed by atoms with Crippen LogP contribution in [0.5, 0.6) is 0 Å². The lowest BCUT2D eigenvalue weighted by atomic mass is 9.98. The number of H-pyrrole nitrogens is 1. The molecule has 0 radical (unpaired) electrons. The summed E-state index contributed by atoms with van der Waals surface area (Å²) in [6.07, 6.45) is 2.32. The van der Waals surface area contributed by atoms with E-state index in [1.165, 1.54) is 10.8 Å². The molecule has 1 saturated heterocycles. The number of nitrogens with one attached hydrogen (secondary N) is 1. The summed E-state index contributed by atoms with van der Waals surface area (Å²) in [5.41, 5.74) is -1.65. The number of aryl methyl sites for hydroxylation is 1. The molecule has 7 nitrogen and oxygen atoms in total. The highest BCUT2D eigenvalue weighted by Gasteiger charge is 2.52. The highest BCUT2D eigenvalue weighted by Crippen LogP contribution is 2.44. The van der Waals surface area contributed by atoms with Crippen molar-refractivity contribution in [3.8, 4) is 0 Å². The van der Waals surface area contributed by atoms with Gasteiger partial charge in [0.05, 0.1) is 12.7 Å². The summed E-state index contributed by atoms with van der Waals surface area (Å²) in [7, 11) is -2.14. The summed E-state index contributed by atoms with van der Waals surface area (Å²) < 4.78 is 13.9. The van der Waals surface area contributed by atoms with E-state index < -0.39 is 37.5 Å². The average molecular weight is 383 g/mol. The summed E-state index contributed by atoms with van der Waals surface area (Å²) in [5, 5.41) is 10.00. The van der Waals surface area contributed by atoms with E-state index in [9.17, 15) is 14.7 Å². The van der Waals surface area contributed by atoms with Crippen LogP contribution >= 0.6 is 0 Å². The highest BCUT2D eigenvalue weighted by atomic mass is 28.4. The predicted molar refractivity (Wildman–Crippen MR) is 103 cm³/mol. The normalized spacial score (nSPS) is 26.9. The Bertz CT molecular complexity index is 792. The molecule has 1 aromatic heterocycles. The van der Waals surface area contributed by atoms with Crippen molar-refractivity contribution in [2.24, 2.45) is 0 Å². The van der Waals surface area contributed by atoms with Crippen LogP contribution in [-0.2, 0) is 9.16 Å². The van der Waals surface area contributed by atoms with Crippen LogP contribution in [-0.4, -0.2) is 41.3 Å². The maximum atomic E-state index is 12.2. The van der Waals surface area contributed by atoms with Gasteiger partial charge in [0.1, 0.15) is 11.8 Å². The third kappa shape index (κ3) is 3.64. The van der Waals surface area contributed by atoms with Crippen LogP contribution in [0.15, 0.2) is 28.4 Å². The monoisotopic (exact) mass is 382 g/mol. The van der Waals surface area contributed by atoms with Crippen LogP contribution in [0.25, 0.3) is 0 Å². The van der Waals surface area contributed by atoms with E-state index >= 15 is 0 Å². The number of aromatic nitrogens is 2. The Morgan fingerprint density at radius 3 is 2.62 bits per heavy atom. The summed E-state index contributed by atoms with van der Waals surface area (Å²) >= 11 is 0. The lowest BCUT2D eigenvalue weighted by Gasteiger charge is -2.41. The fraction of sp³-hybridized carbons (Fsp3) is 0.667.